The Morgan fingerprint density at radius 1 is 1.17 bits per heavy atom. The van der Waals surface area contributed by atoms with Gasteiger partial charge in [0, 0.05) is 13.1 Å². The molecule has 0 heterocycles. The molecule has 2 aromatic rings. The number of hydrogen-bond donors (Lipinski definition) is 0. The Morgan fingerprint density at radius 3 is 2.48 bits per heavy atom. The third-order valence-electron chi connectivity index (χ3n) is 3.57. The molecule has 0 aliphatic heterocycles. The van der Waals surface area contributed by atoms with E-state index in [0.717, 1.165) is 5.56 Å². The van der Waals surface area contributed by atoms with Gasteiger partial charge in [-0.3, -0.25) is 4.79 Å². The van der Waals surface area contributed by atoms with Gasteiger partial charge in [0.25, 0.3) is 5.91 Å². The van der Waals surface area contributed by atoms with Gasteiger partial charge < -0.3 is 9.64 Å². The van der Waals surface area contributed by atoms with Crippen LogP contribution in [0, 0.1) is 11.3 Å². The van der Waals surface area contributed by atoms with Crippen LogP contribution in [0.4, 0.5) is 0 Å². The van der Waals surface area contributed by atoms with Crippen LogP contribution >= 0.6 is 0 Å². The van der Waals surface area contributed by atoms with E-state index < -0.39 is 6.10 Å². The largest absolute Gasteiger partial charge is 0.480 e. The summed E-state index contributed by atoms with van der Waals surface area (Å²) >= 11 is 0. The van der Waals surface area contributed by atoms with E-state index in [1.165, 1.54) is 0 Å². The van der Waals surface area contributed by atoms with Crippen molar-refractivity contribution in [3.8, 4) is 11.8 Å². The fraction of sp³-hybridized carbons (Fsp3) is 0.263. The summed E-state index contributed by atoms with van der Waals surface area (Å²) in [5.41, 5.74) is 1.51. The van der Waals surface area contributed by atoms with Gasteiger partial charge in [0.2, 0.25) is 0 Å². The summed E-state index contributed by atoms with van der Waals surface area (Å²) in [7, 11) is 0. The third kappa shape index (κ3) is 4.33. The summed E-state index contributed by atoms with van der Waals surface area (Å²) in [6.07, 6.45) is -0.645. The van der Waals surface area contributed by atoms with Crippen LogP contribution in [0.3, 0.4) is 0 Å². The molecule has 0 fully saturated rings. The Morgan fingerprint density at radius 2 is 1.83 bits per heavy atom. The predicted molar refractivity (Wildman–Crippen MR) is 88.8 cm³/mol. The Balaban J connectivity index is 2.07. The lowest BCUT2D eigenvalue weighted by Crippen LogP contribution is -2.40. The first kappa shape index (κ1) is 16.6. The van der Waals surface area contributed by atoms with Gasteiger partial charge in [0.1, 0.15) is 11.8 Å². The maximum Gasteiger partial charge on any atom is 0.263 e. The highest BCUT2D eigenvalue weighted by Gasteiger charge is 2.22. The molecule has 118 valence electrons. The number of nitrogens with zero attached hydrogens (tertiary/aromatic N) is 2. The molecule has 0 saturated heterocycles. The van der Waals surface area contributed by atoms with E-state index in [-0.39, 0.29) is 5.91 Å². The molecule has 0 aromatic heterocycles. The van der Waals surface area contributed by atoms with E-state index in [1.54, 1.807) is 36.1 Å². The standard InChI is InChI=1S/C19H20N2O2/c1-3-21(14-16-9-5-4-6-10-16)19(22)15(2)23-18-12-8-7-11-17(18)13-20/h4-12,15H,3,14H2,1-2H3. The molecule has 1 unspecified atom stereocenters. The molecule has 2 aromatic carbocycles. The highest BCUT2D eigenvalue weighted by molar-refractivity contribution is 5.81. The molecule has 0 radical (unpaired) electrons. The summed E-state index contributed by atoms with van der Waals surface area (Å²) in [4.78, 5) is 14.3. The number of carbonyl (C=O) groups is 1. The van der Waals surface area contributed by atoms with Crippen LogP contribution in [0.25, 0.3) is 0 Å². The smallest absolute Gasteiger partial charge is 0.263 e. The molecule has 2 rings (SSSR count). The van der Waals surface area contributed by atoms with Gasteiger partial charge in [-0.2, -0.15) is 5.26 Å². The predicted octanol–water partition coefficient (Wildman–Crippen LogP) is 3.37. The second kappa shape index (κ2) is 8.00. The van der Waals surface area contributed by atoms with E-state index in [9.17, 15) is 4.79 Å². The van der Waals surface area contributed by atoms with Crippen LogP contribution in [0.2, 0.25) is 0 Å². The normalized spacial score (nSPS) is 11.3. The zero-order chi connectivity index (χ0) is 16.7. The van der Waals surface area contributed by atoms with E-state index in [2.05, 4.69) is 6.07 Å². The minimum Gasteiger partial charge on any atom is -0.480 e. The van der Waals surface area contributed by atoms with Crippen molar-refractivity contribution in [2.24, 2.45) is 0 Å². The molecule has 4 nitrogen and oxygen atoms in total. The molecule has 0 saturated carbocycles. The first-order chi connectivity index (χ1) is 11.2. The van der Waals surface area contributed by atoms with E-state index in [4.69, 9.17) is 10.00 Å². The topological polar surface area (TPSA) is 53.3 Å². The summed E-state index contributed by atoms with van der Waals surface area (Å²) in [5, 5.41) is 9.09. The molecular formula is C19H20N2O2. The van der Waals surface area contributed by atoms with Gasteiger partial charge in [0.15, 0.2) is 6.10 Å². The van der Waals surface area contributed by atoms with Gasteiger partial charge in [-0.1, -0.05) is 42.5 Å². The average molecular weight is 308 g/mol. The quantitative estimate of drug-likeness (QED) is 0.822. The number of ether oxygens (including phenoxy) is 1. The molecule has 0 bridgehead atoms. The van der Waals surface area contributed by atoms with Crippen LogP contribution < -0.4 is 4.74 Å². The number of rotatable bonds is 6. The second-order valence-corrected chi connectivity index (χ2v) is 5.21. The Hall–Kier alpha value is -2.80. The lowest BCUT2D eigenvalue weighted by Gasteiger charge is -2.25. The van der Waals surface area contributed by atoms with Crippen molar-refractivity contribution in [1.29, 1.82) is 5.26 Å². The highest BCUT2D eigenvalue weighted by atomic mass is 16.5. The molecule has 1 atom stereocenters. The number of benzene rings is 2. The molecule has 1 amide bonds. The number of carbonyl (C=O) groups excluding carboxylic acids is 1. The number of nitriles is 1. The lowest BCUT2D eigenvalue weighted by molar-refractivity contribution is -0.138. The summed E-state index contributed by atoms with van der Waals surface area (Å²) in [6, 6.07) is 18.9. The average Bonchev–Trinajstić information content (AvgIpc) is 2.60. The Kier molecular flexibility index (Phi) is 5.76. The SMILES string of the molecule is CCN(Cc1ccccc1)C(=O)C(C)Oc1ccccc1C#N. The zero-order valence-electron chi connectivity index (χ0n) is 13.4. The minimum absolute atomic E-state index is 0.0934. The van der Waals surface area contributed by atoms with Crippen molar-refractivity contribution < 1.29 is 9.53 Å². The molecule has 0 aliphatic carbocycles. The molecule has 0 aliphatic rings. The molecule has 23 heavy (non-hydrogen) atoms. The van der Waals surface area contributed by atoms with Crippen LogP contribution in [-0.2, 0) is 11.3 Å². The maximum absolute atomic E-state index is 12.6. The number of amides is 1. The van der Waals surface area contributed by atoms with E-state index in [0.29, 0.717) is 24.4 Å². The Labute approximate surface area is 136 Å². The summed E-state index contributed by atoms with van der Waals surface area (Å²) < 4.78 is 5.70. The van der Waals surface area contributed by atoms with Crippen LogP contribution in [0.1, 0.15) is 25.0 Å². The van der Waals surface area contributed by atoms with Gasteiger partial charge in [-0.05, 0) is 31.5 Å². The molecule has 0 N–H and O–H groups in total. The highest BCUT2D eigenvalue weighted by Crippen LogP contribution is 2.19. The van der Waals surface area contributed by atoms with Crippen molar-refractivity contribution in [2.75, 3.05) is 6.54 Å². The third-order valence-corrected chi connectivity index (χ3v) is 3.57. The number of para-hydroxylation sites is 1. The van der Waals surface area contributed by atoms with Gasteiger partial charge in [0.05, 0.1) is 5.56 Å². The minimum atomic E-state index is -0.645. The summed E-state index contributed by atoms with van der Waals surface area (Å²) in [6.45, 7) is 4.80. The zero-order valence-corrected chi connectivity index (χ0v) is 13.4. The van der Waals surface area contributed by atoms with E-state index in [1.807, 2.05) is 37.3 Å². The van der Waals surface area contributed by atoms with Crippen LogP contribution in [0.15, 0.2) is 54.6 Å². The van der Waals surface area contributed by atoms with Crippen molar-refractivity contribution in [1.82, 2.24) is 4.90 Å². The number of likely N-dealkylation sites (N-methyl/N-ethyl adjacent to an activating group) is 1. The van der Waals surface area contributed by atoms with E-state index >= 15 is 0 Å². The second-order valence-electron chi connectivity index (χ2n) is 5.21. The maximum atomic E-state index is 12.6. The van der Waals surface area contributed by atoms with Crippen molar-refractivity contribution in [2.45, 2.75) is 26.5 Å². The van der Waals surface area contributed by atoms with Gasteiger partial charge >= 0.3 is 0 Å². The number of hydrogen-bond acceptors (Lipinski definition) is 3. The molecular weight excluding hydrogens is 288 g/mol. The van der Waals surface area contributed by atoms with Crippen LogP contribution in [-0.4, -0.2) is 23.5 Å². The van der Waals surface area contributed by atoms with Crippen molar-refractivity contribution in [3.63, 3.8) is 0 Å². The van der Waals surface area contributed by atoms with Gasteiger partial charge in [-0.15, -0.1) is 0 Å². The lowest BCUT2D eigenvalue weighted by atomic mass is 10.2. The first-order valence-electron chi connectivity index (χ1n) is 7.64. The fourth-order valence-electron chi connectivity index (χ4n) is 2.31. The van der Waals surface area contributed by atoms with Crippen LogP contribution in [0.5, 0.6) is 5.75 Å². The van der Waals surface area contributed by atoms with Gasteiger partial charge in [-0.25, -0.2) is 0 Å². The Bertz CT molecular complexity index is 692. The fourth-order valence-corrected chi connectivity index (χ4v) is 2.31. The first-order valence-corrected chi connectivity index (χ1v) is 7.64. The summed E-state index contributed by atoms with van der Waals surface area (Å²) in [5.74, 6) is 0.343. The van der Waals surface area contributed by atoms with Crippen molar-refractivity contribution >= 4 is 5.91 Å². The molecule has 4 heteroatoms. The van der Waals surface area contributed by atoms with Crippen molar-refractivity contribution in [3.05, 3.63) is 65.7 Å². The monoisotopic (exact) mass is 308 g/mol. The molecule has 0 spiro atoms.